The van der Waals surface area contributed by atoms with Crippen LogP contribution in [0.3, 0.4) is 0 Å². The molecule has 1 aromatic heterocycles. The van der Waals surface area contributed by atoms with Crippen LogP contribution in [0.4, 0.5) is 9.52 Å². The number of sulfonamides is 1. The van der Waals surface area contributed by atoms with Gasteiger partial charge in [-0.2, -0.15) is 0 Å². The number of piperidine rings is 1. The van der Waals surface area contributed by atoms with Gasteiger partial charge >= 0.3 is 0 Å². The average Bonchev–Trinajstić information content (AvgIpc) is 3.10. The van der Waals surface area contributed by atoms with Gasteiger partial charge in [0.1, 0.15) is 5.82 Å². The van der Waals surface area contributed by atoms with E-state index in [0.29, 0.717) is 6.54 Å². The number of benzene rings is 1. The van der Waals surface area contributed by atoms with Gasteiger partial charge in [-0.25, -0.2) is 22.5 Å². The molecule has 24 heavy (non-hydrogen) atoms. The highest BCUT2D eigenvalue weighted by Gasteiger charge is 2.24. The van der Waals surface area contributed by atoms with Crippen molar-refractivity contribution in [2.45, 2.75) is 17.7 Å². The zero-order valence-corrected chi connectivity index (χ0v) is 15.2. The Bertz CT molecular complexity index is 799. The molecule has 0 radical (unpaired) electrons. The minimum atomic E-state index is -3.70. The fourth-order valence-corrected chi connectivity index (χ4v) is 4.80. The van der Waals surface area contributed by atoms with E-state index in [0.717, 1.165) is 43.2 Å². The Hall–Kier alpha value is -1.22. The van der Waals surface area contributed by atoms with E-state index < -0.39 is 15.8 Å². The van der Waals surface area contributed by atoms with Crippen LogP contribution in [-0.2, 0) is 10.0 Å². The maximum Gasteiger partial charge on any atom is 0.240 e. The van der Waals surface area contributed by atoms with Gasteiger partial charge < -0.3 is 4.90 Å². The molecule has 1 atom stereocenters. The maximum absolute atomic E-state index is 13.2. The molecule has 0 aliphatic carbocycles. The molecule has 1 N–H and O–H groups in total. The number of hydrogen-bond acceptors (Lipinski definition) is 5. The first-order valence-corrected chi connectivity index (χ1v) is 10.3. The van der Waals surface area contributed by atoms with Gasteiger partial charge in [0, 0.05) is 31.2 Å². The van der Waals surface area contributed by atoms with Gasteiger partial charge in [-0.15, -0.1) is 11.3 Å². The average molecular weight is 390 g/mol. The number of rotatable bonds is 5. The van der Waals surface area contributed by atoms with Crippen LogP contribution in [0.1, 0.15) is 12.8 Å². The molecular weight excluding hydrogens is 373 g/mol. The van der Waals surface area contributed by atoms with Crippen molar-refractivity contribution >= 4 is 38.1 Å². The summed E-state index contributed by atoms with van der Waals surface area (Å²) in [6.45, 7) is 2.03. The molecule has 0 saturated carbocycles. The van der Waals surface area contributed by atoms with E-state index in [4.69, 9.17) is 11.6 Å². The van der Waals surface area contributed by atoms with E-state index in [9.17, 15) is 12.8 Å². The minimum Gasteiger partial charge on any atom is -0.348 e. The van der Waals surface area contributed by atoms with Gasteiger partial charge in [-0.3, -0.25) is 0 Å². The van der Waals surface area contributed by atoms with Crippen molar-refractivity contribution in [3.8, 4) is 0 Å². The smallest absolute Gasteiger partial charge is 0.240 e. The summed E-state index contributed by atoms with van der Waals surface area (Å²) in [5.41, 5.74) is 0. The third kappa shape index (κ3) is 4.05. The molecule has 2 heterocycles. The van der Waals surface area contributed by atoms with Gasteiger partial charge in [0.05, 0.1) is 9.92 Å². The van der Waals surface area contributed by atoms with Gasteiger partial charge in [-0.1, -0.05) is 11.6 Å². The first-order valence-electron chi connectivity index (χ1n) is 7.55. The first kappa shape index (κ1) is 17.6. The lowest BCUT2D eigenvalue weighted by molar-refractivity contribution is 0.410. The van der Waals surface area contributed by atoms with Crippen molar-refractivity contribution in [1.82, 2.24) is 9.71 Å². The summed E-state index contributed by atoms with van der Waals surface area (Å²) in [4.78, 5) is 6.46. The Labute approximate surface area is 149 Å². The van der Waals surface area contributed by atoms with Gasteiger partial charge in [0.15, 0.2) is 5.13 Å². The number of hydrogen-bond donors (Lipinski definition) is 1. The predicted octanol–water partition coefficient (Wildman–Crippen LogP) is 3.13. The monoisotopic (exact) mass is 389 g/mol. The molecule has 1 aliphatic heterocycles. The maximum atomic E-state index is 13.2. The van der Waals surface area contributed by atoms with Crippen molar-refractivity contribution in [2.75, 3.05) is 24.5 Å². The summed E-state index contributed by atoms with van der Waals surface area (Å²) >= 11 is 7.25. The Balaban J connectivity index is 1.62. The molecule has 0 bridgehead atoms. The highest BCUT2D eigenvalue weighted by Crippen LogP contribution is 2.25. The van der Waals surface area contributed by atoms with E-state index in [1.165, 1.54) is 6.07 Å². The SMILES string of the molecule is O=S(=O)(NCC1CCCN(c2nccs2)C1)c1ccc(F)c(Cl)c1. The van der Waals surface area contributed by atoms with Gasteiger partial charge in [-0.05, 0) is 37.0 Å². The Morgan fingerprint density at radius 2 is 2.29 bits per heavy atom. The predicted molar refractivity (Wildman–Crippen MR) is 93.6 cm³/mol. The Morgan fingerprint density at radius 3 is 3.00 bits per heavy atom. The summed E-state index contributed by atoms with van der Waals surface area (Å²) in [6.07, 6.45) is 3.72. The molecule has 130 valence electrons. The standard InChI is InChI=1S/C15H17ClFN3O2S2/c16-13-8-12(3-4-14(13)17)24(21,22)19-9-11-2-1-6-20(10-11)15-18-5-7-23-15/h3-5,7-8,11,19H,1-2,6,9-10H2. The third-order valence-corrected chi connectivity index (χ3v) is 6.52. The fourth-order valence-electron chi connectivity index (χ4n) is 2.73. The molecule has 9 heteroatoms. The minimum absolute atomic E-state index is 0.0264. The topological polar surface area (TPSA) is 62.3 Å². The summed E-state index contributed by atoms with van der Waals surface area (Å²) < 4.78 is 40.5. The second-order valence-corrected chi connectivity index (χ2v) is 8.74. The van der Waals surface area contributed by atoms with Gasteiger partial charge in [0.25, 0.3) is 0 Å². The molecule has 1 saturated heterocycles. The molecule has 5 nitrogen and oxygen atoms in total. The number of nitrogens with zero attached hydrogens (tertiary/aromatic N) is 2. The zero-order chi connectivity index (χ0) is 17.2. The molecule has 1 aliphatic rings. The molecule has 0 amide bonds. The molecule has 3 rings (SSSR count). The van der Waals surface area contributed by atoms with Crippen LogP contribution >= 0.6 is 22.9 Å². The van der Waals surface area contributed by atoms with Crippen molar-refractivity contribution in [3.63, 3.8) is 0 Å². The third-order valence-electron chi connectivity index (χ3n) is 3.97. The van der Waals surface area contributed by atoms with Crippen molar-refractivity contribution in [3.05, 3.63) is 40.6 Å². The zero-order valence-electron chi connectivity index (χ0n) is 12.8. The number of thiazole rings is 1. The van der Waals surface area contributed by atoms with Crippen molar-refractivity contribution in [2.24, 2.45) is 5.92 Å². The normalized spacial score (nSPS) is 18.8. The van der Waals surface area contributed by atoms with Crippen LogP contribution in [0.15, 0.2) is 34.7 Å². The number of halogens is 2. The lowest BCUT2D eigenvalue weighted by Gasteiger charge is -2.32. The van der Waals surface area contributed by atoms with E-state index in [-0.39, 0.29) is 15.8 Å². The van der Waals surface area contributed by atoms with E-state index in [2.05, 4.69) is 14.6 Å². The molecule has 1 unspecified atom stereocenters. The van der Waals surface area contributed by atoms with Crippen LogP contribution < -0.4 is 9.62 Å². The van der Waals surface area contributed by atoms with Crippen LogP contribution in [0, 0.1) is 11.7 Å². The van der Waals surface area contributed by atoms with Crippen molar-refractivity contribution < 1.29 is 12.8 Å². The molecule has 1 aromatic carbocycles. The van der Waals surface area contributed by atoms with Crippen LogP contribution in [0.2, 0.25) is 5.02 Å². The lowest BCUT2D eigenvalue weighted by atomic mass is 9.99. The van der Waals surface area contributed by atoms with Crippen LogP contribution in [0.5, 0.6) is 0 Å². The lowest BCUT2D eigenvalue weighted by Crippen LogP contribution is -2.41. The summed E-state index contributed by atoms with van der Waals surface area (Å²) in [5, 5.41) is 2.69. The number of nitrogens with one attached hydrogen (secondary N) is 1. The van der Waals surface area contributed by atoms with Crippen LogP contribution in [-0.4, -0.2) is 33.0 Å². The molecule has 0 spiro atoms. The summed E-state index contributed by atoms with van der Waals surface area (Å²) in [7, 11) is -3.70. The highest BCUT2D eigenvalue weighted by atomic mass is 35.5. The van der Waals surface area contributed by atoms with E-state index >= 15 is 0 Å². The van der Waals surface area contributed by atoms with Gasteiger partial charge in [0.2, 0.25) is 10.0 Å². The number of aromatic nitrogens is 1. The molecule has 1 fully saturated rings. The largest absolute Gasteiger partial charge is 0.348 e. The Kier molecular flexibility index (Phi) is 5.39. The summed E-state index contributed by atoms with van der Waals surface area (Å²) in [6, 6.07) is 3.40. The second-order valence-electron chi connectivity index (χ2n) is 5.70. The number of anilines is 1. The summed E-state index contributed by atoms with van der Waals surface area (Å²) in [5.74, 6) is -0.435. The molecule has 2 aromatic rings. The first-order chi connectivity index (χ1) is 11.5. The van der Waals surface area contributed by atoms with E-state index in [1.807, 2.05) is 5.38 Å². The van der Waals surface area contributed by atoms with Crippen molar-refractivity contribution in [1.29, 1.82) is 0 Å². The second kappa shape index (κ2) is 7.35. The quantitative estimate of drug-likeness (QED) is 0.853. The van der Waals surface area contributed by atoms with Crippen LogP contribution in [0.25, 0.3) is 0 Å². The van der Waals surface area contributed by atoms with E-state index in [1.54, 1.807) is 17.5 Å². The fraction of sp³-hybridized carbons (Fsp3) is 0.400. The highest BCUT2D eigenvalue weighted by molar-refractivity contribution is 7.89. The Morgan fingerprint density at radius 1 is 1.46 bits per heavy atom. The molecular formula is C15H17ClFN3O2S2.